The molecule has 0 aliphatic heterocycles. The van der Waals surface area contributed by atoms with Crippen molar-refractivity contribution in [2.45, 2.75) is 66.1 Å². The summed E-state index contributed by atoms with van der Waals surface area (Å²) in [5.74, 6) is 3.37. The van der Waals surface area contributed by atoms with Crippen molar-refractivity contribution in [1.29, 1.82) is 0 Å². The molecule has 2 heterocycles. The standard InChI is InChI=1S/C19H32N6O/c1-5-18-24-22-14-25(18)11-10-20-19(21-13-17-7-6-12-26-17)23-16(4)9-8-15(2)3/h6-7,12,14-16H,5,8-11,13H2,1-4H3,(H2,20,21,23). The Morgan fingerprint density at radius 3 is 2.85 bits per heavy atom. The zero-order valence-electron chi connectivity index (χ0n) is 16.4. The minimum atomic E-state index is 0.362. The van der Waals surface area contributed by atoms with Crippen LogP contribution in [0.25, 0.3) is 0 Å². The predicted molar refractivity (Wildman–Crippen MR) is 104 cm³/mol. The van der Waals surface area contributed by atoms with Crippen molar-refractivity contribution in [1.82, 2.24) is 25.4 Å². The molecule has 0 aliphatic rings. The Morgan fingerprint density at radius 1 is 1.31 bits per heavy atom. The lowest BCUT2D eigenvalue weighted by Crippen LogP contribution is -2.43. The van der Waals surface area contributed by atoms with Crippen molar-refractivity contribution in [2.24, 2.45) is 10.9 Å². The van der Waals surface area contributed by atoms with Crippen LogP contribution in [0.1, 0.15) is 52.1 Å². The molecule has 1 atom stereocenters. The van der Waals surface area contributed by atoms with Gasteiger partial charge in [-0.2, -0.15) is 0 Å². The van der Waals surface area contributed by atoms with Crippen LogP contribution in [-0.2, 0) is 19.5 Å². The fraction of sp³-hybridized carbons (Fsp3) is 0.632. The van der Waals surface area contributed by atoms with E-state index in [-0.39, 0.29) is 0 Å². The fourth-order valence-corrected chi connectivity index (χ4v) is 2.64. The van der Waals surface area contributed by atoms with Gasteiger partial charge >= 0.3 is 0 Å². The van der Waals surface area contributed by atoms with Crippen molar-refractivity contribution in [3.8, 4) is 0 Å². The molecule has 0 bridgehead atoms. The minimum absolute atomic E-state index is 0.362. The first-order chi connectivity index (χ1) is 12.6. The number of aliphatic imine (C=N–C) groups is 1. The molecule has 0 spiro atoms. The summed E-state index contributed by atoms with van der Waals surface area (Å²) >= 11 is 0. The fourth-order valence-electron chi connectivity index (χ4n) is 2.64. The van der Waals surface area contributed by atoms with Gasteiger partial charge in [0.15, 0.2) is 5.96 Å². The maximum atomic E-state index is 5.38. The van der Waals surface area contributed by atoms with Crippen LogP contribution in [0.2, 0.25) is 0 Å². The average molecular weight is 361 g/mol. The highest BCUT2D eigenvalue weighted by Crippen LogP contribution is 2.07. The molecule has 7 nitrogen and oxygen atoms in total. The average Bonchev–Trinajstić information content (AvgIpc) is 3.29. The summed E-state index contributed by atoms with van der Waals surface area (Å²) in [7, 11) is 0. The van der Waals surface area contributed by atoms with Crippen LogP contribution in [0, 0.1) is 5.92 Å². The summed E-state index contributed by atoms with van der Waals surface area (Å²) in [6.45, 7) is 10.9. The van der Waals surface area contributed by atoms with E-state index in [0.717, 1.165) is 43.5 Å². The molecule has 1 unspecified atom stereocenters. The summed E-state index contributed by atoms with van der Waals surface area (Å²) in [5.41, 5.74) is 0. The Morgan fingerprint density at radius 2 is 2.15 bits per heavy atom. The van der Waals surface area contributed by atoms with Gasteiger partial charge in [-0.25, -0.2) is 4.99 Å². The Balaban J connectivity index is 1.90. The molecule has 2 rings (SSSR count). The Hall–Kier alpha value is -2.31. The highest BCUT2D eigenvalue weighted by molar-refractivity contribution is 5.80. The van der Waals surface area contributed by atoms with Crippen LogP contribution in [-0.4, -0.2) is 33.3 Å². The number of nitrogens with zero attached hydrogens (tertiary/aromatic N) is 4. The molecular formula is C19H32N6O. The third-order valence-electron chi connectivity index (χ3n) is 4.19. The van der Waals surface area contributed by atoms with Crippen molar-refractivity contribution in [2.75, 3.05) is 6.54 Å². The van der Waals surface area contributed by atoms with Gasteiger partial charge in [0.05, 0.1) is 6.26 Å². The molecule has 0 saturated carbocycles. The van der Waals surface area contributed by atoms with Gasteiger partial charge in [-0.05, 0) is 37.8 Å². The monoisotopic (exact) mass is 360 g/mol. The lowest BCUT2D eigenvalue weighted by molar-refractivity contribution is 0.485. The van der Waals surface area contributed by atoms with E-state index in [1.807, 2.05) is 12.1 Å². The second kappa shape index (κ2) is 10.6. The van der Waals surface area contributed by atoms with Crippen LogP contribution < -0.4 is 10.6 Å². The first kappa shape index (κ1) is 20.0. The number of aryl methyl sites for hydroxylation is 1. The van der Waals surface area contributed by atoms with E-state index in [0.29, 0.717) is 18.5 Å². The molecule has 7 heteroatoms. The molecular weight excluding hydrogens is 328 g/mol. The van der Waals surface area contributed by atoms with Crippen molar-refractivity contribution in [3.63, 3.8) is 0 Å². The van der Waals surface area contributed by atoms with E-state index in [1.54, 1.807) is 12.6 Å². The summed E-state index contributed by atoms with van der Waals surface area (Å²) in [6, 6.07) is 4.18. The van der Waals surface area contributed by atoms with Gasteiger partial charge in [-0.1, -0.05) is 20.8 Å². The molecule has 0 radical (unpaired) electrons. The third-order valence-corrected chi connectivity index (χ3v) is 4.19. The molecule has 144 valence electrons. The SMILES string of the molecule is CCc1nncn1CCNC(=NCc1ccco1)NC(C)CCC(C)C. The van der Waals surface area contributed by atoms with Gasteiger partial charge in [0, 0.05) is 25.6 Å². The van der Waals surface area contributed by atoms with E-state index in [1.165, 1.54) is 6.42 Å². The quantitative estimate of drug-likeness (QED) is 0.503. The number of hydrogen-bond donors (Lipinski definition) is 2. The number of furan rings is 1. The van der Waals surface area contributed by atoms with Gasteiger partial charge in [0.2, 0.25) is 0 Å². The molecule has 0 aliphatic carbocycles. The summed E-state index contributed by atoms with van der Waals surface area (Å²) in [5, 5.41) is 15.0. The van der Waals surface area contributed by atoms with Crippen LogP contribution >= 0.6 is 0 Å². The third kappa shape index (κ3) is 6.90. The van der Waals surface area contributed by atoms with E-state index >= 15 is 0 Å². The van der Waals surface area contributed by atoms with Crippen molar-refractivity contribution >= 4 is 5.96 Å². The molecule has 0 amide bonds. The summed E-state index contributed by atoms with van der Waals surface area (Å²) in [6.07, 6.45) is 6.64. The van der Waals surface area contributed by atoms with Crippen LogP contribution in [0.4, 0.5) is 0 Å². The van der Waals surface area contributed by atoms with Gasteiger partial charge in [0.25, 0.3) is 0 Å². The van der Waals surface area contributed by atoms with E-state index < -0.39 is 0 Å². The van der Waals surface area contributed by atoms with Crippen LogP contribution in [0.3, 0.4) is 0 Å². The van der Waals surface area contributed by atoms with Gasteiger partial charge < -0.3 is 19.6 Å². The Kier molecular flexibility index (Phi) is 8.18. The summed E-state index contributed by atoms with van der Waals surface area (Å²) in [4.78, 5) is 4.65. The van der Waals surface area contributed by atoms with E-state index in [9.17, 15) is 0 Å². The lowest BCUT2D eigenvalue weighted by Gasteiger charge is -2.19. The first-order valence-corrected chi connectivity index (χ1v) is 9.52. The number of hydrogen-bond acceptors (Lipinski definition) is 4. The number of guanidine groups is 1. The zero-order chi connectivity index (χ0) is 18.8. The topological polar surface area (TPSA) is 80.3 Å². The van der Waals surface area contributed by atoms with Crippen LogP contribution in [0.15, 0.2) is 34.1 Å². The largest absolute Gasteiger partial charge is 0.467 e. The predicted octanol–water partition coefficient (Wildman–Crippen LogP) is 2.99. The number of nitrogens with one attached hydrogen (secondary N) is 2. The van der Waals surface area contributed by atoms with E-state index in [2.05, 4.69) is 58.1 Å². The number of aromatic nitrogens is 3. The Bertz CT molecular complexity index is 647. The Labute approximate surface area is 156 Å². The van der Waals surface area contributed by atoms with Crippen molar-refractivity contribution in [3.05, 3.63) is 36.3 Å². The maximum Gasteiger partial charge on any atom is 0.191 e. The van der Waals surface area contributed by atoms with Crippen molar-refractivity contribution < 1.29 is 4.42 Å². The van der Waals surface area contributed by atoms with Crippen LogP contribution in [0.5, 0.6) is 0 Å². The number of rotatable bonds is 10. The maximum absolute atomic E-state index is 5.38. The highest BCUT2D eigenvalue weighted by Gasteiger charge is 2.08. The highest BCUT2D eigenvalue weighted by atomic mass is 16.3. The lowest BCUT2D eigenvalue weighted by atomic mass is 10.0. The summed E-state index contributed by atoms with van der Waals surface area (Å²) < 4.78 is 7.45. The zero-order valence-corrected chi connectivity index (χ0v) is 16.4. The molecule has 0 fully saturated rings. The van der Waals surface area contributed by atoms with Gasteiger partial charge in [-0.3, -0.25) is 0 Å². The van der Waals surface area contributed by atoms with Gasteiger partial charge in [0.1, 0.15) is 24.5 Å². The smallest absolute Gasteiger partial charge is 0.191 e. The molecule has 2 N–H and O–H groups in total. The second-order valence-electron chi connectivity index (χ2n) is 6.98. The second-order valence-corrected chi connectivity index (χ2v) is 6.98. The molecule has 0 aromatic carbocycles. The molecule has 0 saturated heterocycles. The molecule has 26 heavy (non-hydrogen) atoms. The normalized spacial score (nSPS) is 13.2. The van der Waals surface area contributed by atoms with E-state index in [4.69, 9.17) is 4.42 Å². The minimum Gasteiger partial charge on any atom is -0.467 e. The first-order valence-electron chi connectivity index (χ1n) is 9.52. The molecule has 2 aromatic rings. The molecule has 2 aromatic heterocycles. The van der Waals surface area contributed by atoms with Gasteiger partial charge in [-0.15, -0.1) is 10.2 Å².